The van der Waals surface area contributed by atoms with E-state index in [9.17, 15) is 0 Å². The number of aryl methyl sites for hydroxylation is 1. The molecule has 3 heteroatoms. The number of hydrogen-bond donors (Lipinski definition) is 1. The van der Waals surface area contributed by atoms with Gasteiger partial charge in [-0.25, -0.2) is 0 Å². The molecule has 2 aromatic carbocycles. The minimum Gasteiger partial charge on any atom is -0.493 e. The smallest absolute Gasteiger partial charge is 0.122 e. The Morgan fingerprint density at radius 1 is 1.25 bits per heavy atom. The third-order valence-electron chi connectivity index (χ3n) is 3.87. The quantitative estimate of drug-likeness (QED) is 0.917. The maximum Gasteiger partial charge on any atom is 0.122 e. The highest BCUT2D eigenvalue weighted by Crippen LogP contribution is 2.34. The van der Waals surface area contributed by atoms with Gasteiger partial charge in [-0.3, -0.25) is 0 Å². The van der Waals surface area contributed by atoms with Gasteiger partial charge in [-0.15, -0.1) is 0 Å². The summed E-state index contributed by atoms with van der Waals surface area (Å²) in [5.41, 5.74) is 5.12. The van der Waals surface area contributed by atoms with E-state index in [0.717, 1.165) is 18.8 Å². The van der Waals surface area contributed by atoms with Crippen molar-refractivity contribution in [2.24, 2.45) is 0 Å². The molecule has 2 nitrogen and oxygen atoms in total. The van der Waals surface area contributed by atoms with Crippen LogP contribution in [0.2, 0.25) is 0 Å². The van der Waals surface area contributed by atoms with E-state index in [2.05, 4.69) is 64.6 Å². The van der Waals surface area contributed by atoms with Crippen molar-refractivity contribution in [3.05, 3.63) is 63.1 Å². The van der Waals surface area contributed by atoms with Crippen molar-refractivity contribution in [1.82, 2.24) is 5.32 Å². The topological polar surface area (TPSA) is 21.3 Å². The fourth-order valence-electron chi connectivity index (χ4n) is 2.78. The minimum atomic E-state index is 0.190. The van der Waals surface area contributed by atoms with Gasteiger partial charge in [0, 0.05) is 10.9 Å². The normalized spacial score (nSPS) is 14.8. The Morgan fingerprint density at radius 3 is 2.90 bits per heavy atom. The average molecular weight is 332 g/mol. The van der Waals surface area contributed by atoms with Crippen LogP contribution in [-0.2, 0) is 6.42 Å². The van der Waals surface area contributed by atoms with Crippen LogP contribution in [0.15, 0.2) is 40.9 Å². The third-order valence-corrected chi connectivity index (χ3v) is 4.95. The monoisotopic (exact) mass is 331 g/mol. The number of fused-ring (bicyclic) bond motifs is 1. The Labute approximate surface area is 128 Å². The van der Waals surface area contributed by atoms with Crippen LogP contribution in [-0.4, -0.2) is 13.7 Å². The molecule has 0 saturated heterocycles. The van der Waals surface area contributed by atoms with Gasteiger partial charge in [-0.05, 0) is 42.3 Å². The summed E-state index contributed by atoms with van der Waals surface area (Å²) >= 11 is 3.72. The number of halogens is 1. The van der Waals surface area contributed by atoms with Gasteiger partial charge in [0.2, 0.25) is 0 Å². The molecule has 0 aromatic heterocycles. The summed E-state index contributed by atoms with van der Waals surface area (Å²) in [6.45, 7) is 2.92. The van der Waals surface area contributed by atoms with Crippen LogP contribution in [0.25, 0.3) is 0 Å². The molecule has 0 amide bonds. The Morgan fingerprint density at radius 2 is 2.10 bits per heavy atom. The largest absolute Gasteiger partial charge is 0.493 e. The molecule has 0 fully saturated rings. The highest BCUT2D eigenvalue weighted by atomic mass is 79.9. The van der Waals surface area contributed by atoms with E-state index in [1.165, 1.54) is 26.7 Å². The summed E-state index contributed by atoms with van der Waals surface area (Å²) in [7, 11) is 2.00. The van der Waals surface area contributed by atoms with Gasteiger partial charge in [-0.2, -0.15) is 0 Å². The van der Waals surface area contributed by atoms with Crippen molar-refractivity contribution >= 4 is 15.9 Å². The van der Waals surface area contributed by atoms with Crippen molar-refractivity contribution in [3.8, 4) is 5.75 Å². The van der Waals surface area contributed by atoms with E-state index in [4.69, 9.17) is 4.74 Å². The zero-order chi connectivity index (χ0) is 14.1. The highest BCUT2D eigenvalue weighted by Gasteiger charge is 2.19. The zero-order valence-electron chi connectivity index (χ0n) is 11.7. The van der Waals surface area contributed by atoms with Crippen molar-refractivity contribution < 1.29 is 4.74 Å². The van der Waals surface area contributed by atoms with Crippen molar-refractivity contribution in [2.45, 2.75) is 19.4 Å². The van der Waals surface area contributed by atoms with E-state index in [1.807, 2.05) is 7.05 Å². The number of benzene rings is 2. The SMILES string of the molecule is CNC(c1ccc2c(c1)CCO2)c1cccc(C)c1Br. The van der Waals surface area contributed by atoms with E-state index >= 15 is 0 Å². The van der Waals surface area contributed by atoms with Crippen molar-refractivity contribution in [1.29, 1.82) is 0 Å². The van der Waals surface area contributed by atoms with Crippen LogP contribution in [0, 0.1) is 6.92 Å². The molecule has 0 bridgehead atoms. The first-order chi connectivity index (χ1) is 9.70. The van der Waals surface area contributed by atoms with Crippen LogP contribution in [0.3, 0.4) is 0 Å². The maximum absolute atomic E-state index is 5.59. The summed E-state index contributed by atoms with van der Waals surface area (Å²) in [5, 5.41) is 3.42. The number of hydrogen-bond acceptors (Lipinski definition) is 2. The first-order valence-corrected chi connectivity index (χ1v) is 7.68. The summed E-state index contributed by atoms with van der Waals surface area (Å²) in [5.74, 6) is 1.03. The predicted molar refractivity (Wildman–Crippen MR) is 85.4 cm³/mol. The highest BCUT2D eigenvalue weighted by molar-refractivity contribution is 9.10. The van der Waals surface area contributed by atoms with E-state index in [-0.39, 0.29) is 6.04 Å². The molecule has 1 N–H and O–H groups in total. The summed E-state index contributed by atoms with van der Waals surface area (Å²) in [4.78, 5) is 0. The van der Waals surface area contributed by atoms with Crippen LogP contribution >= 0.6 is 15.9 Å². The third kappa shape index (κ3) is 2.36. The van der Waals surface area contributed by atoms with Crippen LogP contribution in [0.5, 0.6) is 5.75 Å². The summed E-state index contributed by atoms with van der Waals surface area (Å²) in [6.07, 6.45) is 1.01. The lowest BCUT2D eigenvalue weighted by molar-refractivity contribution is 0.357. The van der Waals surface area contributed by atoms with Gasteiger partial charge in [0.1, 0.15) is 5.75 Å². The maximum atomic E-state index is 5.59. The Kier molecular flexibility index (Phi) is 3.81. The first kappa shape index (κ1) is 13.7. The van der Waals surface area contributed by atoms with Gasteiger partial charge in [0.25, 0.3) is 0 Å². The van der Waals surface area contributed by atoms with Crippen LogP contribution in [0.4, 0.5) is 0 Å². The molecule has 1 heterocycles. The lowest BCUT2D eigenvalue weighted by Crippen LogP contribution is -2.18. The lowest BCUT2D eigenvalue weighted by Gasteiger charge is -2.20. The van der Waals surface area contributed by atoms with Gasteiger partial charge in [-0.1, -0.05) is 46.3 Å². The van der Waals surface area contributed by atoms with Gasteiger partial charge in [0.15, 0.2) is 0 Å². The molecule has 1 aliphatic heterocycles. The fraction of sp³-hybridized carbons (Fsp3) is 0.294. The molecule has 0 radical (unpaired) electrons. The molecule has 0 spiro atoms. The lowest BCUT2D eigenvalue weighted by atomic mass is 9.95. The van der Waals surface area contributed by atoms with Crippen molar-refractivity contribution in [2.75, 3.05) is 13.7 Å². The second-order valence-corrected chi connectivity index (χ2v) is 5.96. The fourth-order valence-corrected chi connectivity index (χ4v) is 3.27. The molecule has 104 valence electrons. The number of rotatable bonds is 3. The average Bonchev–Trinajstić information content (AvgIpc) is 2.92. The number of ether oxygens (including phenoxy) is 1. The molecular formula is C17H18BrNO. The molecule has 1 aliphatic rings. The Bertz CT molecular complexity index is 639. The molecule has 1 unspecified atom stereocenters. The molecule has 1 atom stereocenters. The van der Waals surface area contributed by atoms with Crippen LogP contribution < -0.4 is 10.1 Å². The minimum absolute atomic E-state index is 0.190. The molecule has 3 rings (SSSR count). The van der Waals surface area contributed by atoms with E-state index < -0.39 is 0 Å². The standard InChI is InChI=1S/C17H18BrNO/c1-11-4-3-5-14(16(11)18)17(19-2)13-6-7-15-12(10-13)8-9-20-15/h3-7,10,17,19H,8-9H2,1-2H3. The molecular weight excluding hydrogens is 314 g/mol. The second-order valence-electron chi connectivity index (χ2n) is 5.17. The van der Waals surface area contributed by atoms with Crippen molar-refractivity contribution in [3.63, 3.8) is 0 Å². The second kappa shape index (κ2) is 5.58. The van der Waals surface area contributed by atoms with Gasteiger partial charge in [0.05, 0.1) is 12.6 Å². The Balaban J connectivity index is 2.03. The Hall–Kier alpha value is -1.32. The predicted octanol–water partition coefficient (Wildman–Crippen LogP) is 4.00. The molecule has 0 aliphatic carbocycles. The summed E-state index contributed by atoms with van der Waals surface area (Å²) < 4.78 is 6.76. The zero-order valence-corrected chi connectivity index (χ0v) is 13.3. The summed E-state index contributed by atoms with van der Waals surface area (Å²) in [6, 6.07) is 13.1. The van der Waals surface area contributed by atoms with E-state index in [1.54, 1.807) is 0 Å². The first-order valence-electron chi connectivity index (χ1n) is 6.88. The number of nitrogens with one attached hydrogen (secondary N) is 1. The van der Waals surface area contributed by atoms with Crippen LogP contribution in [0.1, 0.15) is 28.3 Å². The molecule has 20 heavy (non-hydrogen) atoms. The molecule has 2 aromatic rings. The van der Waals surface area contributed by atoms with Gasteiger partial charge >= 0.3 is 0 Å². The van der Waals surface area contributed by atoms with E-state index in [0.29, 0.717) is 0 Å². The van der Waals surface area contributed by atoms with Gasteiger partial charge < -0.3 is 10.1 Å². The molecule has 0 saturated carbocycles.